The first-order chi connectivity index (χ1) is 18.8. The second-order valence-electron chi connectivity index (χ2n) is 10.2. The Balaban J connectivity index is 1.56. The molecule has 4 heteroatoms. The number of hydrogen-bond acceptors (Lipinski definition) is 4. The lowest BCUT2D eigenvalue weighted by Crippen LogP contribution is -2.48. The Kier molecular flexibility index (Phi) is 8.87. The molecule has 4 aromatic carbocycles. The number of para-hydroxylation sites is 1. The summed E-state index contributed by atoms with van der Waals surface area (Å²) in [6.07, 6.45) is 0.766. The largest absolute Gasteiger partial charge is 0.496 e. The highest BCUT2D eigenvalue weighted by atomic mass is 16.5. The highest BCUT2D eigenvalue weighted by molar-refractivity contribution is 5.37. The Morgan fingerprint density at radius 1 is 0.816 bits per heavy atom. The second kappa shape index (κ2) is 12.9. The van der Waals surface area contributed by atoms with Crippen molar-refractivity contribution in [3.8, 4) is 5.75 Å². The van der Waals surface area contributed by atoms with E-state index in [4.69, 9.17) is 4.74 Å². The van der Waals surface area contributed by atoms with Gasteiger partial charge in [0.2, 0.25) is 0 Å². The molecule has 1 heterocycles. The van der Waals surface area contributed by atoms with E-state index >= 15 is 0 Å². The average molecular weight is 507 g/mol. The van der Waals surface area contributed by atoms with Gasteiger partial charge in [-0.1, -0.05) is 109 Å². The van der Waals surface area contributed by atoms with Gasteiger partial charge in [0.25, 0.3) is 0 Å². The van der Waals surface area contributed by atoms with Gasteiger partial charge in [0.15, 0.2) is 0 Å². The second-order valence-corrected chi connectivity index (χ2v) is 10.2. The topological polar surface area (TPSA) is 44.7 Å². The van der Waals surface area contributed by atoms with Crippen molar-refractivity contribution in [1.29, 1.82) is 0 Å². The summed E-state index contributed by atoms with van der Waals surface area (Å²) in [6, 6.07) is 41.1. The van der Waals surface area contributed by atoms with Crippen LogP contribution in [0.2, 0.25) is 0 Å². The van der Waals surface area contributed by atoms with Crippen molar-refractivity contribution in [2.24, 2.45) is 5.92 Å². The number of hydrogen-bond donors (Lipinski definition) is 2. The first kappa shape index (κ1) is 26.2. The molecule has 4 aromatic rings. The SMILES string of the molecule is COc1ccccc1CNC1C(CCO)CN(Cc2ccccc2)C1C(c1ccccc1)c1ccccc1. The van der Waals surface area contributed by atoms with E-state index in [1.54, 1.807) is 7.11 Å². The molecule has 1 fully saturated rings. The minimum Gasteiger partial charge on any atom is -0.496 e. The van der Waals surface area contributed by atoms with Gasteiger partial charge in [-0.2, -0.15) is 0 Å². The van der Waals surface area contributed by atoms with Crippen LogP contribution in [0.5, 0.6) is 5.75 Å². The van der Waals surface area contributed by atoms with Gasteiger partial charge in [0.1, 0.15) is 5.75 Å². The maximum atomic E-state index is 10.1. The summed E-state index contributed by atoms with van der Waals surface area (Å²) in [5.74, 6) is 1.40. The quantitative estimate of drug-likeness (QED) is 0.267. The van der Waals surface area contributed by atoms with Gasteiger partial charge in [0.05, 0.1) is 7.11 Å². The number of rotatable bonds is 11. The molecule has 0 spiro atoms. The first-order valence-electron chi connectivity index (χ1n) is 13.6. The van der Waals surface area contributed by atoms with Gasteiger partial charge in [-0.3, -0.25) is 4.90 Å². The molecule has 0 aromatic heterocycles. The molecule has 0 radical (unpaired) electrons. The smallest absolute Gasteiger partial charge is 0.123 e. The third-order valence-electron chi connectivity index (χ3n) is 7.87. The Morgan fingerprint density at radius 2 is 1.39 bits per heavy atom. The highest BCUT2D eigenvalue weighted by Gasteiger charge is 2.45. The van der Waals surface area contributed by atoms with Gasteiger partial charge in [0, 0.05) is 49.8 Å². The summed E-state index contributed by atoms with van der Waals surface area (Å²) in [5, 5.41) is 14.0. The molecule has 196 valence electrons. The molecule has 0 amide bonds. The summed E-state index contributed by atoms with van der Waals surface area (Å²) < 4.78 is 5.66. The van der Waals surface area contributed by atoms with E-state index in [0.29, 0.717) is 12.5 Å². The van der Waals surface area contributed by atoms with Crippen LogP contribution in [-0.4, -0.2) is 42.4 Å². The summed E-state index contributed by atoms with van der Waals surface area (Å²) in [6.45, 7) is 2.70. The lowest BCUT2D eigenvalue weighted by molar-refractivity contribution is 0.206. The fraction of sp³-hybridized carbons (Fsp3) is 0.294. The Morgan fingerprint density at radius 3 is 2.00 bits per heavy atom. The van der Waals surface area contributed by atoms with Crippen molar-refractivity contribution in [3.63, 3.8) is 0 Å². The predicted octanol–water partition coefficient (Wildman–Crippen LogP) is 5.87. The third kappa shape index (κ3) is 5.99. The zero-order valence-electron chi connectivity index (χ0n) is 22.1. The molecule has 0 saturated carbocycles. The number of likely N-dealkylation sites (tertiary alicyclic amines) is 1. The summed E-state index contributed by atoms with van der Waals surface area (Å²) in [7, 11) is 1.73. The number of nitrogens with zero attached hydrogens (tertiary/aromatic N) is 1. The number of methoxy groups -OCH3 is 1. The predicted molar refractivity (Wildman–Crippen MR) is 154 cm³/mol. The zero-order chi connectivity index (χ0) is 26.2. The fourth-order valence-corrected chi connectivity index (χ4v) is 6.16. The van der Waals surface area contributed by atoms with Crippen molar-refractivity contribution < 1.29 is 9.84 Å². The van der Waals surface area contributed by atoms with Crippen LogP contribution >= 0.6 is 0 Å². The Hall–Kier alpha value is -3.44. The number of benzene rings is 4. The minimum atomic E-state index is 0.181. The van der Waals surface area contributed by atoms with E-state index in [1.807, 2.05) is 12.1 Å². The Labute approximate surface area is 226 Å². The van der Waals surface area contributed by atoms with E-state index in [0.717, 1.165) is 30.8 Å². The van der Waals surface area contributed by atoms with Crippen molar-refractivity contribution in [3.05, 3.63) is 138 Å². The van der Waals surface area contributed by atoms with Crippen LogP contribution in [-0.2, 0) is 13.1 Å². The van der Waals surface area contributed by atoms with Gasteiger partial charge >= 0.3 is 0 Å². The van der Waals surface area contributed by atoms with Crippen LogP contribution in [0.15, 0.2) is 115 Å². The molecule has 0 bridgehead atoms. The standard InChI is InChI=1S/C34H38N2O2/c1-38-31-20-12-11-19-29(31)23-35-33-30(21-22-37)25-36(24-26-13-5-2-6-14-26)34(33)32(27-15-7-3-8-16-27)28-17-9-4-10-18-28/h2-20,30,32-35,37H,21-25H2,1H3. The first-order valence-corrected chi connectivity index (χ1v) is 13.6. The molecule has 1 saturated heterocycles. The molecule has 2 N–H and O–H groups in total. The Bertz CT molecular complexity index is 1210. The van der Waals surface area contributed by atoms with Crippen molar-refractivity contribution in [1.82, 2.24) is 10.2 Å². The van der Waals surface area contributed by atoms with E-state index < -0.39 is 0 Å². The number of aliphatic hydroxyl groups excluding tert-OH is 1. The minimum absolute atomic E-state index is 0.181. The third-order valence-corrected chi connectivity index (χ3v) is 7.87. The van der Waals surface area contributed by atoms with Crippen LogP contribution in [0.25, 0.3) is 0 Å². The lowest BCUT2D eigenvalue weighted by Gasteiger charge is -2.37. The molecule has 3 atom stereocenters. The van der Waals surface area contributed by atoms with E-state index in [9.17, 15) is 5.11 Å². The lowest BCUT2D eigenvalue weighted by atomic mass is 9.79. The van der Waals surface area contributed by atoms with Crippen molar-refractivity contribution >= 4 is 0 Å². The highest BCUT2D eigenvalue weighted by Crippen LogP contribution is 2.40. The molecule has 5 rings (SSSR count). The molecular weight excluding hydrogens is 468 g/mol. The van der Waals surface area contributed by atoms with E-state index in [2.05, 4.69) is 113 Å². The van der Waals surface area contributed by atoms with Crippen molar-refractivity contribution in [2.75, 3.05) is 20.3 Å². The molecule has 1 aliphatic rings. The number of aliphatic hydroxyl groups is 1. The van der Waals surface area contributed by atoms with Gasteiger partial charge in [-0.15, -0.1) is 0 Å². The zero-order valence-corrected chi connectivity index (χ0v) is 22.1. The maximum absolute atomic E-state index is 10.1. The van der Waals surface area contributed by atoms with Crippen LogP contribution in [0.3, 0.4) is 0 Å². The van der Waals surface area contributed by atoms with Gasteiger partial charge < -0.3 is 15.2 Å². The molecule has 4 nitrogen and oxygen atoms in total. The van der Waals surface area contributed by atoms with E-state index in [1.165, 1.54) is 16.7 Å². The van der Waals surface area contributed by atoms with Gasteiger partial charge in [-0.25, -0.2) is 0 Å². The monoisotopic (exact) mass is 506 g/mol. The number of nitrogens with one attached hydrogen (secondary N) is 1. The van der Waals surface area contributed by atoms with E-state index in [-0.39, 0.29) is 24.6 Å². The van der Waals surface area contributed by atoms with Crippen molar-refractivity contribution in [2.45, 2.75) is 37.5 Å². The summed E-state index contributed by atoms with van der Waals surface area (Å²) in [5.41, 5.74) is 5.09. The summed E-state index contributed by atoms with van der Waals surface area (Å²) in [4.78, 5) is 2.64. The van der Waals surface area contributed by atoms with Crippen LogP contribution in [0.4, 0.5) is 0 Å². The number of ether oxygens (including phenoxy) is 1. The maximum Gasteiger partial charge on any atom is 0.123 e. The van der Waals surface area contributed by atoms with Crippen LogP contribution in [0, 0.1) is 5.92 Å². The fourth-order valence-electron chi connectivity index (χ4n) is 6.16. The summed E-state index contributed by atoms with van der Waals surface area (Å²) >= 11 is 0. The molecule has 38 heavy (non-hydrogen) atoms. The molecular formula is C34H38N2O2. The molecule has 3 unspecified atom stereocenters. The van der Waals surface area contributed by atoms with Crippen LogP contribution < -0.4 is 10.1 Å². The normalized spacial score (nSPS) is 19.6. The van der Waals surface area contributed by atoms with Gasteiger partial charge in [-0.05, 0) is 35.1 Å². The van der Waals surface area contributed by atoms with Crippen LogP contribution in [0.1, 0.15) is 34.6 Å². The average Bonchev–Trinajstić information content (AvgIpc) is 3.30. The molecule has 0 aliphatic carbocycles. The molecule has 1 aliphatic heterocycles.